The summed E-state index contributed by atoms with van der Waals surface area (Å²) in [7, 11) is 0. The van der Waals surface area contributed by atoms with Gasteiger partial charge in [-0.25, -0.2) is 4.98 Å². The van der Waals surface area contributed by atoms with Crippen molar-refractivity contribution in [2.45, 2.75) is 47.1 Å². The molecule has 2 rings (SSSR count). The molecule has 0 saturated heterocycles. The number of carbonyl (C=O) groups is 1. The Balaban J connectivity index is 2.23. The molecule has 0 unspecified atom stereocenters. The SMILES string of the molecule is CCCCNC(=O)Cn1c(C)nc2cc(C)c(C)cc21. The first-order valence-corrected chi connectivity index (χ1v) is 7.23. The van der Waals surface area contributed by atoms with Gasteiger partial charge in [-0.2, -0.15) is 0 Å². The second-order valence-electron chi connectivity index (χ2n) is 5.37. The second kappa shape index (κ2) is 6.07. The molecule has 1 aromatic heterocycles. The maximum Gasteiger partial charge on any atom is 0.240 e. The number of carbonyl (C=O) groups excluding carboxylic acids is 1. The minimum Gasteiger partial charge on any atom is -0.355 e. The van der Waals surface area contributed by atoms with Crippen LogP contribution in [-0.2, 0) is 11.3 Å². The van der Waals surface area contributed by atoms with Crippen molar-refractivity contribution in [1.82, 2.24) is 14.9 Å². The predicted molar refractivity (Wildman–Crippen MR) is 81.9 cm³/mol. The highest BCUT2D eigenvalue weighted by Crippen LogP contribution is 2.20. The number of aromatic nitrogens is 2. The van der Waals surface area contributed by atoms with Crippen LogP contribution < -0.4 is 5.32 Å². The van der Waals surface area contributed by atoms with Crippen LogP contribution in [0.3, 0.4) is 0 Å². The Morgan fingerprint density at radius 3 is 2.65 bits per heavy atom. The molecule has 0 saturated carbocycles. The van der Waals surface area contributed by atoms with Crippen LogP contribution in [0.15, 0.2) is 12.1 Å². The number of imidazole rings is 1. The van der Waals surface area contributed by atoms with Gasteiger partial charge in [0.25, 0.3) is 0 Å². The molecule has 1 heterocycles. The monoisotopic (exact) mass is 273 g/mol. The molecular formula is C16H23N3O. The average Bonchev–Trinajstić information content (AvgIpc) is 2.67. The highest BCUT2D eigenvalue weighted by molar-refractivity contribution is 5.82. The zero-order valence-corrected chi connectivity index (χ0v) is 12.8. The molecule has 0 fully saturated rings. The number of rotatable bonds is 5. The summed E-state index contributed by atoms with van der Waals surface area (Å²) in [6, 6.07) is 4.20. The largest absolute Gasteiger partial charge is 0.355 e. The molecule has 2 aromatic rings. The van der Waals surface area contributed by atoms with Crippen LogP contribution in [0.2, 0.25) is 0 Å². The molecule has 0 atom stereocenters. The molecule has 108 valence electrons. The van der Waals surface area contributed by atoms with Crippen LogP contribution in [0.25, 0.3) is 11.0 Å². The number of benzene rings is 1. The van der Waals surface area contributed by atoms with Crippen LogP contribution in [-0.4, -0.2) is 22.0 Å². The summed E-state index contributed by atoms with van der Waals surface area (Å²) in [6.45, 7) is 9.33. The highest BCUT2D eigenvalue weighted by atomic mass is 16.1. The minimum absolute atomic E-state index is 0.0547. The fraction of sp³-hybridized carbons (Fsp3) is 0.500. The van der Waals surface area contributed by atoms with Crippen molar-refractivity contribution in [3.63, 3.8) is 0 Å². The van der Waals surface area contributed by atoms with E-state index in [-0.39, 0.29) is 5.91 Å². The zero-order chi connectivity index (χ0) is 14.7. The summed E-state index contributed by atoms with van der Waals surface area (Å²) >= 11 is 0. The molecule has 0 aliphatic carbocycles. The van der Waals surface area contributed by atoms with E-state index in [1.165, 1.54) is 11.1 Å². The maximum atomic E-state index is 12.0. The van der Waals surface area contributed by atoms with E-state index < -0.39 is 0 Å². The van der Waals surface area contributed by atoms with Gasteiger partial charge in [-0.15, -0.1) is 0 Å². The lowest BCUT2D eigenvalue weighted by Gasteiger charge is -2.08. The fourth-order valence-corrected chi connectivity index (χ4v) is 2.30. The number of fused-ring (bicyclic) bond motifs is 1. The van der Waals surface area contributed by atoms with Crippen molar-refractivity contribution < 1.29 is 4.79 Å². The summed E-state index contributed by atoms with van der Waals surface area (Å²) < 4.78 is 1.99. The van der Waals surface area contributed by atoms with Gasteiger partial charge in [0.05, 0.1) is 11.0 Å². The zero-order valence-electron chi connectivity index (χ0n) is 12.8. The Labute approximate surface area is 120 Å². The van der Waals surface area contributed by atoms with Crippen LogP contribution >= 0.6 is 0 Å². The molecule has 20 heavy (non-hydrogen) atoms. The van der Waals surface area contributed by atoms with E-state index in [2.05, 4.69) is 43.2 Å². The standard InChI is InChI=1S/C16H23N3O/c1-5-6-7-17-16(20)10-19-13(4)18-14-8-11(2)12(3)9-15(14)19/h8-9H,5-7,10H2,1-4H3,(H,17,20). The molecule has 0 aliphatic rings. The van der Waals surface area contributed by atoms with Crippen LogP contribution in [0.1, 0.15) is 36.7 Å². The van der Waals surface area contributed by atoms with Crippen LogP contribution in [0.4, 0.5) is 0 Å². The smallest absolute Gasteiger partial charge is 0.240 e. The molecule has 4 nitrogen and oxygen atoms in total. The number of hydrogen-bond donors (Lipinski definition) is 1. The number of unbranched alkanes of at least 4 members (excludes halogenated alkanes) is 1. The van der Waals surface area contributed by atoms with E-state index in [9.17, 15) is 4.79 Å². The molecule has 1 N–H and O–H groups in total. The van der Waals surface area contributed by atoms with Gasteiger partial charge in [0, 0.05) is 6.54 Å². The number of aryl methyl sites for hydroxylation is 3. The molecule has 1 amide bonds. The third-order valence-corrected chi connectivity index (χ3v) is 3.71. The van der Waals surface area contributed by atoms with E-state index in [1.54, 1.807) is 0 Å². The van der Waals surface area contributed by atoms with Crippen LogP contribution in [0, 0.1) is 20.8 Å². The normalized spacial score (nSPS) is 11.0. The molecular weight excluding hydrogens is 250 g/mol. The quantitative estimate of drug-likeness (QED) is 0.851. The van der Waals surface area contributed by atoms with Gasteiger partial charge in [0.1, 0.15) is 12.4 Å². The Morgan fingerprint density at radius 1 is 1.25 bits per heavy atom. The minimum atomic E-state index is 0.0547. The Morgan fingerprint density at radius 2 is 1.95 bits per heavy atom. The average molecular weight is 273 g/mol. The fourth-order valence-electron chi connectivity index (χ4n) is 2.30. The van der Waals surface area contributed by atoms with Crippen molar-refractivity contribution in [3.05, 3.63) is 29.1 Å². The van der Waals surface area contributed by atoms with Gasteiger partial charge in [0.15, 0.2) is 0 Å². The topological polar surface area (TPSA) is 46.9 Å². The van der Waals surface area contributed by atoms with E-state index in [0.29, 0.717) is 6.54 Å². The van der Waals surface area contributed by atoms with E-state index in [1.807, 2.05) is 11.5 Å². The molecule has 1 aromatic carbocycles. The number of hydrogen-bond acceptors (Lipinski definition) is 2. The summed E-state index contributed by atoms with van der Waals surface area (Å²) in [5, 5.41) is 2.95. The highest BCUT2D eigenvalue weighted by Gasteiger charge is 2.11. The van der Waals surface area contributed by atoms with Crippen molar-refractivity contribution in [2.24, 2.45) is 0 Å². The van der Waals surface area contributed by atoms with E-state index in [4.69, 9.17) is 0 Å². The van der Waals surface area contributed by atoms with Crippen molar-refractivity contribution in [2.75, 3.05) is 6.54 Å². The summed E-state index contributed by atoms with van der Waals surface area (Å²) in [5.74, 6) is 0.940. The number of amides is 1. The Hall–Kier alpha value is -1.84. The lowest BCUT2D eigenvalue weighted by molar-refractivity contribution is -0.121. The van der Waals surface area contributed by atoms with Gasteiger partial charge < -0.3 is 9.88 Å². The summed E-state index contributed by atoms with van der Waals surface area (Å²) in [4.78, 5) is 16.5. The second-order valence-corrected chi connectivity index (χ2v) is 5.37. The van der Waals surface area contributed by atoms with E-state index in [0.717, 1.165) is 36.2 Å². The maximum absolute atomic E-state index is 12.0. The van der Waals surface area contributed by atoms with Gasteiger partial charge in [0.2, 0.25) is 5.91 Å². The van der Waals surface area contributed by atoms with Gasteiger partial charge in [-0.05, 0) is 50.5 Å². The third-order valence-electron chi connectivity index (χ3n) is 3.71. The van der Waals surface area contributed by atoms with Crippen molar-refractivity contribution >= 4 is 16.9 Å². The van der Waals surface area contributed by atoms with E-state index >= 15 is 0 Å². The predicted octanol–water partition coefficient (Wildman–Crippen LogP) is 2.88. The number of nitrogens with one attached hydrogen (secondary N) is 1. The molecule has 0 aliphatic heterocycles. The third kappa shape index (κ3) is 3.00. The Bertz CT molecular complexity index is 628. The molecule has 4 heteroatoms. The lowest BCUT2D eigenvalue weighted by Crippen LogP contribution is -2.28. The van der Waals surface area contributed by atoms with Crippen molar-refractivity contribution in [3.8, 4) is 0 Å². The lowest BCUT2D eigenvalue weighted by atomic mass is 10.1. The summed E-state index contributed by atoms with van der Waals surface area (Å²) in [6.07, 6.45) is 2.11. The van der Waals surface area contributed by atoms with Crippen molar-refractivity contribution in [1.29, 1.82) is 0 Å². The van der Waals surface area contributed by atoms with Gasteiger partial charge >= 0.3 is 0 Å². The molecule has 0 radical (unpaired) electrons. The van der Waals surface area contributed by atoms with Gasteiger partial charge in [-0.1, -0.05) is 13.3 Å². The number of nitrogens with zero attached hydrogens (tertiary/aromatic N) is 2. The first-order chi connectivity index (χ1) is 9.52. The first kappa shape index (κ1) is 14.6. The molecule has 0 spiro atoms. The summed E-state index contributed by atoms with van der Waals surface area (Å²) in [5.41, 5.74) is 4.46. The first-order valence-electron chi connectivity index (χ1n) is 7.23. The Kier molecular flexibility index (Phi) is 4.42. The van der Waals surface area contributed by atoms with Gasteiger partial charge in [-0.3, -0.25) is 4.79 Å². The molecule has 0 bridgehead atoms. The van der Waals surface area contributed by atoms with Crippen LogP contribution in [0.5, 0.6) is 0 Å².